The molecule has 15 heavy (non-hydrogen) atoms. The van der Waals surface area contributed by atoms with Crippen molar-refractivity contribution in [2.45, 2.75) is 71.5 Å². The van der Waals surface area contributed by atoms with E-state index in [0.717, 1.165) is 18.6 Å². The van der Waals surface area contributed by atoms with Crippen LogP contribution in [0.25, 0.3) is 0 Å². The van der Waals surface area contributed by atoms with Crippen molar-refractivity contribution in [3.05, 3.63) is 0 Å². The normalized spacial score (nSPS) is 25.8. The molecule has 1 fully saturated rings. The lowest BCUT2D eigenvalue weighted by Crippen LogP contribution is -2.49. The van der Waals surface area contributed by atoms with Crippen LogP contribution in [0.1, 0.15) is 53.4 Å². The van der Waals surface area contributed by atoms with E-state index in [-0.39, 0.29) is 0 Å². The molecule has 0 aliphatic carbocycles. The first-order valence-electron chi connectivity index (χ1n) is 6.64. The minimum absolute atomic E-state index is 0.610. The summed E-state index contributed by atoms with van der Waals surface area (Å²) in [6.45, 7) is 11.6. The van der Waals surface area contributed by atoms with Crippen LogP contribution in [0.2, 0.25) is 0 Å². The van der Waals surface area contributed by atoms with Crippen molar-refractivity contribution in [2.24, 2.45) is 0 Å². The van der Waals surface area contributed by atoms with Gasteiger partial charge in [0.15, 0.2) is 0 Å². The van der Waals surface area contributed by atoms with E-state index < -0.39 is 0 Å². The molecule has 0 amide bonds. The van der Waals surface area contributed by atoms with Crippen molar-refractivity contribution in [1.29, 1.82) is 0 Å². The molecule has 0 bridgehead atoms. The quantitative estimate of drug-likeness (QED) is 0.753. The number of rotatable bonds is 5. The molecule has 90 valence electrons. The molecule has 0 aromatic rings. The lowest BCUT2D eigenvalue weighted by Gasteiger charge is -2.39. The third-order valence-corrected chi connectivity index (χ3v) is 3.56. The third kappa shape index (κ3) is 4.12. The van der Waals surface area contributed by atoms with E-state index in [1.54, 1.807) is 0 Å². The van der Waals surface area contributed by atoms with Crippen molar-refractivity contribution in [3.63, 3.8) is 0 Å². The summed E-state index contributed by atoms with van der Waals surface area (Å²) in [6, 6.07) is 2.14. The van der Waals surface area contributed by atoms with Gasteiger partial charge in [-0.25, -0.2) is 0 Å². The summed E-state index contributed by atoms with van der Waals surface area (Å²) >= 11 is 0. The van der Waals surface area contributed by atoms with Crippen molar-refractivity contribution < 1.29 is 0 Å². The molecule has 1 saturated heterocycles. The Balaban J connectivity index is 2.41. The van der Waals surface area contributed by atoms with E-state index in [1.165, 1.54) is 32.2 Å². The molecule has 0 aromatic carbocycles. The van der Waals surface area contributed by atoms with Gasteiger partial charge in [-0.05, 0) is 32.7 Å². The number of hydrogen-bond acceptors (Lipinski definition) is 2. The Morgan fingerprint density at radius 1 is 1.33 bits per heavy atom. The van der Waals surface area contributed by atoms with Gasteiger partial charge in [0.2, 0.25) is 0 Å². The summed E-state index contributed by atoms with van der Waals surface area (Å²) in [7, 11) is 0. The van der Waals surface area contributed by atoms with Gasteiger partial charge in [0.05, 0.1) is 0 Å². The minimum atomic E-state index is 0.610. The number of piperidine rings is 1. The minimum Gasteiger partial charge on any atom is -0.313 e. The maximum atomic E-state index is 3.57. The highest BCUT2D eigenvalue weighted by Gasteiger charge is 2.24. The largest absolute Gasteiger partial charge is 0.313 e. The van der Waals surface area contributed by atoms with Crippen LogP contribution in [-0.2, 0) is 0 Å². The summed E-state index contributed by atoms with van der Waals surface area (Å²) in [4.78, 5) is 2.71. The second-order valence-electron chi connectivity index (χ2n) is 5.21. The molecule has 2 atom stereocenters. The molecule has 0 radical (unpaired) electrons. The molecule has 0 spiro atoms. The molecular formula is C13H28N2. The standard InChI is InChI=1S/C13H28N2/c1-5-13(10-14-11(2)3)15-9-7-6-8-12(15)4/h11-14H,5-10H2,1-4H3. The molecule has 2 heteroatoms. The maximum Gasteiger partial charge on any atom is 0.0220 e. The van der Waals surface area contributed by atoms with E-state index in [2.05, 4.69) is 37.9 Å². The van der Waals surface area contributed by atoms with Crippen molar-refractivity contribution in [3.8, 4) is 0 Å². The van der Waals surface area contributed by atoms with Gasteiger partial charge < -0.3 is 5.32 Å². The fraction of sp³-hybridized carbons (Fsp3) is 1.00. The van der Waals surface area contributed by atoms with Crippen LogP contribution in [0, 0.1) is 0 Å². The van der Waals surface area contributed by atoms with Crippen LogP contribution in [-0.4, -0.2) is 36.1 Å². The second-order valence-corrected chi connectivity index (χ2v) is 5.21. The lowest BCUT2D eigenvalue weighted by atomic mass is 10.00. The average Bonchev–Trinajstić information content (AvgIpc) is 2.21. The zero-order valence-electron chi connectivity index (χ0n) is 10.9. The SMILES string of the molecule is CCC(CNC(C)C)N1CCCCC1C. The predicted molar refractivity (Wildman–Crippen MR) is 67.2 cm³/mol. The monoisotopic (exact) mass is 212 g/mol. The number of nitrogens with zero attached hydrogens (tertiary/aromatic N) is 1. The second kappa shape index (κ2) is 6.49. The van der Waals surface area contributed by atoms with Crippen molar-refractivity contribution in [2.75, 3.05) is 13.1 Å². The first-order chi connectivity index (χ1) is 7.15. The first kappa shape index (κ1) is 13.0. The van der Waals surface area contributed by atoms with Crippen LogP contribution >= 0.6 is 0 Å². The molecule has 1 heterocycles. The topological polar surface area (TPSA) is 15.3 Å². The summed E-state index contributed by atoms with van der Waals surface area (Å²) in [5.74, 6) is 0. The zero-order valence-corrected chi connectivity index (χ0v) is 10.9. The van der Waals surface area contributed by atoms with Gasteiger partial charge in [-0.1, -0.05) is 27.2 Å². The highest BCUT2D eigenvalue weighted by atomic mass is 15.2. The van der Waals surface area contributed by atoms with E-state index in [9.17, 15) is 0 Å². The van der Waals surface area contributed by atoms with Gasteiger partial charge in [-0.15, -0.1) is 0 Å². The van der Waals surface area contributed by atoms with E-state index in [4.69, 9.17) is 0 Å². The first-order valence-corrected chi connectivity index (χ1v) is 6.64. The molecule has 0 aromatic heterocycles. The van der Waals surface area contributed by atoms with Gasteiger partial charge in [0.25, 0.3) is 0 Å². The van der Waals surface area contributed by atoms with E-state index in [0.29, 0.717) is 6.04 Å². The molecule has 1 N–H and O–H groups in total. The highest BCUT2D eigenvalue weighted by Crippen LogP contribution is 2.20. The molecule has 2 nitrogen and oxygen atoms in total. The lowest BCUT2D eigenvalue weighted by molar-refractivity contribution is 0.0999. The zero-order chi connectivity index (χ0) is 11.3. The van der Waals surface area contributed by atoms with Gasteiger partial charge in [0.1, 0.15) is 0 Å². The number of hydrogen-bond donors (Lipinski definition) is 1. The smallest absolute Gasteiger partial charge is 0.0220 e. The molecule has 0 saturated carbocycles. The molecule has 1 rings (SSSR count). The Hall–Kier alpha value is -0.0800. The Morgan fingerprint density at radius 3 is 2.60 bits per heavy atom. The van der Waals surface area contributed by atoms with Crippen LogP contribution in [0.5, 0.6) is 0 Å². The van der Waals surface area contributed by atoms with Gasteiger partial charge in [0, 0.05) is 24.7 Å². The maximum absolute atomic E-state index is 3.57. The number of nitrogens with one attached hydrogen (secondary N) is 1. The van der Waals surface area contributed by atoms with E-state index in [1.807, 2.05) is 0 Å². The average molecular weight is 212 g/mol. The van der Waals surface area contributed by atoms with Gasteiger partial charge in [-0.2, -0.15) is 0 Å². The highest BCUT2D eigenvalue weighted by molar-refractivity contribution is 4.81. The number of likely N-dealkylation sites (tertiary alicyclic amines) is 1. The fourth-order valence-corrected chi connectivity index (χ4v) is 2.53. The van der Waals surface area contributed by atoms with Gasteiger partial charge >= 0.3 is 0 Å². The summed E-state index contributed by atoms with van der Waals surface area (Å²) in [6.07, 6.45) is 5.47. The predicted octanol–water partition coefficient (Wildman–Crippen LogP) is 2.64. The molecule has 2 unspecified atom stereocenters. The van der Waals surface area contributed by atoms with Crippen LogP contribution in [0.3, 0.4) is 0 Å². The Bertz CT molecular complexity index is 168. The summed E-state index contributed by atoms with van der Waals surface area (Å²) in [5, 5.41) is 3.57. The Morgan fingerprint density at radius 2 is 2.07 bits per heavy atom. The molecular weight excluding hydrogens is 184 g/mol. The molecule has 1 aliphatic rings. The van der Waals surface area contributed by atoms with E-state index >= 15 is 0 Å². The van der Waals surface area contributed by atoms with Gasteiger partial charge in [-0.3, -0.25) is 4.90 Å². The summed E-state index contributed by atoms with van der Waals surface area (Å²) in [5.41, 5.74) is 0. The van der Waals surface area contributed by atoms with Crippen molar-refractivity contribution in [1.82, 2.24) is 10.2 Å². The Labute approximate surface area is 95.4 Å². The molecule has 1 aliphatic heterocycles. The van der Waals surface area contributed by atoms with Crippen molar-refractivity contribution >= 4 is 0 Å². The Kier molecular flexibility index (Phi) is 5.62. The van der Waals surface area contributed by atoms with Crippen LogP contribution < -0.4 is 5.32 Å². The fourth-order valence-electron chi connectivity index (χ4n) is 2.53. The van der Waals surface area contributed by atoms with Crippen LogP contribution in [0.15, 0.2) is 0 Å². The summed E-state index contributed by atoms with van der Waals surface area (Å²) < 4.78 is 0. The van der Waals surface area contributed by atoms with Crippen LogP contribution in [0.4, 0.5) is 0 Å². The third-order valence-electron chi connectivity index (χ3n) is 3.56.